The van der Waals surface area contributed by atoms with Gasteiger partial charge in [0.2, 0.25) is 0 Å². The van der Waals surface area contributed by atoms with Crippen LogP contribution in [0.3, 0.4) is 0 Å². The SMILES string of the molecule is Cl.O=C(O)COCc1ccccc1. The van der Waals surface area contributed by atoms with Gasteiger partial charge in [-0.2, -0.15) is 0 Å². The van der Waals surface area contributed by atoms with Gasteiger partial charge in [0.25, 0.3) is 0 Å². The van der Waals surface area contributed by atoms with Crippen molar-refractivity contribution < 1.29 is 14.6 Å². The van der Waals surface area contributed by atoms with E-state index in [2.05, 4.69) is 0 Å². The van der Waals surface area contributed by atoms with Crippen molar-refractivity contribution in [3.8, 4) is 0 Å². The van der Waals surface area contributed by atoms with Gasteiger partial charge in [-0.05, 0) is 5.56 Å². The molecule has 1 aromatic carbocycles. The molecule has 0 fully saturated rings. The number of hydrogen-bond donors (Lipinski definition) is 1. The van der Waals surface area contributed by atoms with Crippen LogP contribution in [0.2, 0.25) is 0 Å². The quantitative estimate of drug-likeness (QED) is 0.809. The van der Waals surface area contributed by atoms with Crippen LogP contribution in [0, 0.1) is 0 Å². The van der Waals surface area contributed by atoms with Crippen LogP contribution in [0.1, 0.15) is 5.56 Å². The maximum Gasteiger partial charge on any atom is 0.329 e. The molecule has 0 atom stereocenters. The zero-order chi connectivity index (χ0) is 8.81. The minimum atomic E-state index is -0.939. The fourth-order valence-corrected chi connectivity index (χ4v) is 0.830. The molecule has 0 aliphatic heterocycles. The molecule has 0 saturated heterocycles. The summed E-state index contributed by atoms with van der Waals surface area (Å²) < 4.78 is 4.88. The highest BCUT2D eigenvalue weighted by Gasteiger charge is 1.96. The van der Waals surface area contributed by atoms with E-state index in [1.54, 1.807) is 0 Å². The second-order valence-corrected chi connectivity index (χ2v) is 2.37. The highest BCUT2D eigenvalue weighted by Crippen LogP contribution is 1.99. The minimum absolute atomic E-state index is 0. The van der Waals surface area contributed by atoms with Gasteiger partial charge in [-0.25, -0.2) is 4.79 Å². The predicted octanol–water partition coefficient (Wildman–Crippen LogP) is 1.71. The summed E-state index contributed by atoms with van der Waals surface area (Å²) >= 11 is 0. The lowest BCUT2D eigenvalue weighted by molar-refractivity contribution is -0.142. The number of halogens is 1. The zero-order valence-corrected chi connectivity index (χ0v) is 7.79. The first kappa shape index (κ1) is 11.9. The maximum atomic E-state index is 10.1. The second kappa shape index (κ2) is 6.46. The summed E-state index contributed by atoms with van der Waals surface area (Å²) in [6.07, 6.45) is 0. The molecule has 0 bridgehead atoms. The minimum Gasteiger partial charge on any atom is -0.480 e. The van der Waals surface area contributed by atoms with Crippen molar-refractivity contribution in [2.45, 2.75) is 6.61 Å². The molecular formula is C9H11ClO3. The van der Waals surface area contributed by atoms with Crippen LogP contribution in [0.5, 0.6) is 0 Å². The highest BCUT2D eigenvalue weighted by atomic mass is 35.5. The van der Waals surface area contributed by atoms with Crippen molar-refractivity contribution in [1.29, 1.82) is 0 Å². The lowest BCUT2D eigenvalue weighted by Crippen LogP contribution is -2.06. The van der Waals surface area contributed by atoms with Crippen LogP contribution in [0.15, 0.2) is 30.3 Å². The molecule has 3 nitrogen and oxygen atoms in total. The Morgan fingerprint density at radius 2 is 1.92 bits per heavy atom. The average molecular weight is 203 g/mol. The van der Waals surface area contributed by atoms with Crippen LogP contribution in [-0.4, -0.2) is 17.7 Å². The second-order valence-electron chi connectivity index (χ2n) is 2.37. The molecule has 0 amide bonds. The summed E-state index contributed by atoms with van der Waals surface area (Å²) in [6.45, 7) is 0.113. The number of carboxylic acid groups (broad SMARTS) is 1. The summed E-state index contributed by atoms with van der Waals surface area (Å²) in [6, 6.07) is 9.46. The molecule has 13 heavy (non-hydrogen) atoms. The topological polar surface area (TPSA) is 46.5 Å². The highest BCUT2D eigenvalue weighted by molar-refractivity contribution is 5.85. The molecule has 0 aliphatic rings. The molecule has 0 aliphatic carbocycles. The fraction of sp³-hybridized carbons (Fsp3) is 0.222. The number of hydrogen-bond acceptors (Lipinski definition) is 2. The van der Waals surface area contributed by atoms with Crippen molar-refractivity contribution >= 4 is 18.4 Å². The van der Waals surface area contributed by atoms with Crippen LogP contribution >= 0.6 is 12.4 Å². The van der Waals surface area contributed by atoms with E-state index >= 15 is 0 Å². The van der Waals surface area contributed by atoms with E-state index in [1.165, 1.54) is 0 Å². The number of carbonyl (C=O) groups is 1. The summed E-state index contributed by atoms with van der Waals surface area (Å²) in [5.41, 5.74) is 0.985. The molecule has 1 rings (SSSR count). The standard InChI is InChI=1S/C9H10O3.ClH/c10-9(11)7-12-6-8-4-2-1-3-5-8;/h1-5H,6-7H2,(H,10,11);1H. The smallest absolute Gasteiger partial charge is 0.329 e. The van der Waals surface area contributed by atoms with Gasteiger partial charge in [0.05, 0.1) is 6.61 Å². The van der Waals surface area contributed by atoms with E-state index in [9.17, 15) is 4.79 Å². The molecule has 0 radical (unpaired) electrons. The van der Waals surface area contributed by atoms with Gasteiger partial charge in [-0.3, -0.25) is 0 Å². The molecule has 1 N–H and O–H groups in total. The van der Waals surface area contributed by atoms with Crippen LogP contribution in [0.25, 0.3) is 0 Å². The van der Waals surface area contributed by atoms with Gasteiger partial charge < -0.3 is 9.84 Å². The number of benzene rings is 1. The largest absolute Gasteiger partial charge is 0.480 e. The van der Waals surface area contributed by atoms with Gasteiger partial charge in [-0.1, -0.05) is 30.3 Å². The fourth-order valence-electron chi connectivity index (χ4n) is 0.830. The summed E-state index contributed by atoms with van der Waals surface area (Å²) in [5, 5.41) is 8.27. The zero-order valence-electron chi connectivity index (χ0n) is 6.97. The molecular weight excluding hydrogens is 192 g/mol. The first-order valence-corrected chi connectivity index (χ1v) is 3.62. The Labute approximate surface area is 82.7 Å². The van der Waals surface area contributed by atoms with E-state index in [0.29, 0.717) is 6.61 Å². The van der Waals surface area contributed by atoms with Crippen molar-refractivity contribution in [3.05, 3.63) is 35.9 Å². The van der Waals surface area contributed by atoms with Crippen LogP contribution < -0.4 is 0 Å². The van der Waals surface area contributed by atoms with Gasteiger partial charge in [0.1, 0.15) is 6.61 Å². The normalized spacial score (nSPS) is 8.92. The first-order chi connectivity index (χ1) is 5.79. The lowest BCUT2D eigenvalue weighted by Gasteiger charge is -1.99. The van der Waals surface area contributed by atoms with Crippen LogP contribution in [0.4, 0.5) is 0 Å². The van der Waals surface area contributed by atoms with Crippen molar-refractivity contribution in [2.24, 2.45) is 0 Å². The first-order valence-electron chi connectivity index (χ1n) is 3.62. The Bertz CT molecular complexity index is 248. The third-order valence-electron chi connectivity index (χ3n) is 1.34. The molecule has 72 valence electrons. The van der Waals surface area contributed by atoms with E-state index < -0.39 is 5.97 Å². The molecule has 0 heterocycles. The van der Waals surface area contributed by atoms with E-state index in [1.807, 2.05) is 30.3 Å². The van der Waals surface area contributed by atoms with E-state index in [0.717, 1.165) is 5.56 Å². The van der Waals surface area contributed by atoms with Gasteiger partial charge >= 0.3 is 5.97 Å². The molecule has 0 spiro atoms. The summed E-state index contributed by atoms with van der Waals surface area (Å²) in [7, 11) is 0. The Morgan fingerprint density at radius 3 is 2.46 bits per heavy atom. The van der Waals surface area contributed by atoms with Gasteiger partial charge in [0.15, 0.2) is 0 Å². The van der Waals surface area contributed by atoms with Crippen molar-refractivity contribution in [3.63, 3.8) is 0 Å². The van der Waals surface area contributed by atoms with Crippen molar-refractivity contribution in [2.75, 3.05) is 6.61 Å². The average Bonchev–Trinajstić information content (AvgIpc) is 2.05. The molecule has 4 heteroatoms. The molecule has 0 saturated carbocycles. The van der Waals surface area contributed by atoms with E-state index in [4.69, 9.17) is 9.84 Å². The van der Waals surface area contributed by atoms with Crippen LogP contribution in [-0.2, 0) is 16.1 Å². The number of rotatable bonds is 4. The number of aliphatic carboxylic acids is 1. The summed E-state index contributed by atoms with van der Waals surface area (Å²) in [4.78, 5) is 10.1. The van der Waals surface area contributed by atoms with Crippen molar-refractivity contribution in [1.82, 2.24) is 0 Å². The van der Waals surface area contributed by atoms with E-state index in [-0.39, 0.29) is 19.0 Å². The predicted molar refractivity (Wildman–Crippen MR) is 51.0 cm³/mol. The lowest BCUT2D eigenvalue weighted by atomic mass is 10.2. The third kappa shape index (κ3) is 5.22. The monoisotopic (exact) mass is 202 g/mol. The van der Waals surface area contributed by atoms with Gasteiger partial charge in [0, 0.05) is 0 Å². The summed E-state index contributed by atoms with van der Waals surface area (Å²) in [5.74, 6) is -0.939. The Morgan fingerprint density at radius 1 is 1.31 bits per heavy atom. The Hall–Kier alpha value is -1.06. The Balaban J connectivity index is 0.00000144. The number of ether oxygens (including phenoxy) is 1. The Kier molecular flexibility index (Phi) is 5.93. The molecule has 1 aromatic rings. The third-order valence-corrected chi connectivity index (χ3v) is 1.34. The molecule has 0 unspecified atom stereocenters. The maximum absolute atomic E-state index is 10.1. The van der Waals surface area contributed by atoms with Gasteiger partial charge in [-0.15, -0.1) is 12.4 Å². The number of carboxylic acids is 1. The molecule has 0 aromatic heterocycles.